The molecular formula is C13H13N3O2. The van der Waals surface area contributed by atoms with E-state index in [9.17, 15) is 4.79 Å². The van der Waals surface area contributed by atoms with E-state index in [0.717, 1.165) is 17.5 Å². The van der Waals surface area contributed by atoms with Crippen molar-refractivity contribution in [3.8, 4) is 0 Å². The van der Waals surface area contributed by atoms with Crippen LogP contribution in [0.2, 0.25) is 0 Å². The summed E-state index contributed by atoms with van der Waals surface area (Å²) < 4.78 is 5.19. The highest BCUT2D eigenvalue weighted by Crippen LogP contribution is 2.16. The number of para-hydroxylation sites is 2. The second-order valence-corrected chi connectivity index (χ2v) is 4.29. The second-order valence-electron chi connectivity index (χ2n) is 4.29. The lowest BCUT2D eigenvalue weighted by Crippen LogP contribution is -2.23. The summed E-state index contributed by atoms with van der Waals surface area (Å²) in [7, 11) is 0. The van der Waals surface area contributed by atoms with Gasteiger partial charge in [0.15, 0.2) is 5.82 Å². The zero-order valence-electron chi connectivity index (χ0n) is 9.80. The van der Waals surface area contributed by atoms with Crippen molar-refractivity contribution in [3.05, 3.63) is 30.5 Å². The van der Waals surface area contributed by atoms with Gasteiger partial charge in [-0.05, 0) is 18.6 Å². The predicted molar refractivity (Wildman–Crippen MR) is 67.1 cm³/mol. The van der Waals surface area contributed by atoms with Crippen LogP contribution in [0.1, 0.15) is 6.42 Å². The molecular weight excluding hydrogens is 230 g/mol. The Morgan fingerprint density at radius 3 is 2.94 bits per heavy atom. The summed E-state index contributed by atoms with van der Waals surface area (Å²) in [5.41, 5.74) is 1.60. The quantitative estimate of drug-likeness (QED) is 0.870. The maximum absolute atomic E-state index is 11.9. The molecule has 5 nitrogen and oxygen atoms in total. The highest BCUT2D eigenvalue weighted by Gasteiger charge is 2.23. The van der Waals surface area contributed by atoms with E-state index in [4.69, 9.17) is 4.74 Å². The fourth-order valence-corrected chi connectivity index (χ4v) is 1.99. The summed E-state index contributed by atoms with van der Waals surface area (Å²) >= 11 is 0. The molecule has 2 aromatic rings. The number of benzene rings is 1. The molecule has 1 atom stereocenters. The predicted octanol–water partition coefficient (Wildman–Crippen LogP) is 1.60. The van der Waals surface area contributed by atoms with Crippen LogP contribution in [-0.2, 0) is 9.53 Å². The minimum Gasteiger partial charge on any atom is -0.381 e. The summed E-state index contributed by atoms with van der Waals surface area (Å²) in [6, 6.07) is 7.56. The van der Waals surface area contributed by atoms with Crippen molar-refractivity contribution < 1.29 is 9.53 Å². The molecule has 0 saturated carbocycles. The number of hydrogen-bond acceptors (Lipinski definition) is 4. The third-order valence-electron chi connectivity index (χ3n) is 3.00. The highest BCUT2D eigenvalue weighted by molar-refractivity contribution is 5.92. The van der Waals surface area contributed by atoms with Gasteiger partial charge >= 0.3 is 0 Å². The van der Waals surface area contributed by atoms with Gasteiger partial charge in [-0.3, -0.25) is 9.78 Å². The van der Waals surface area contributed by atoms with Crippen LogP contribution in [0.5, 0.6) is 0 Å². The topological polar surface area (TPSA) is 64.1 Å². The van der Waals surface area contributed by atoms with Gasteiger partial charge < -0.3 is 10.1 Å². The number of nitrogens with one attached hydrogen (secondary N) is 1. The number of nitrogens with zero attached hydrogens (tertiary/aromatic N) is 2. The van der Waals surface area contributed by atoms with Gasteiger partial charge in [0.05, 0.1) is 29.8 Å². The molecule has 1 saturated heterocycles. The molecule has 1 aromatic carbocycles. The lowest BCUT2D eigenvalue weighted by molar-refractivity contribution is -0.119. The zero-order valence-corrected chi connectivity index (χ0v) is 9.80. The Morgan fingerprint density at radius 2 is 2.17 bits per heavy atom. The van der Waals surface area contributed by atoms with Gasteiger partial charge in [0, 0.05) is 6.61 Å². The average molecular weight is 243 g/mol. The molecule has 0 unspecified atom stereocenters. The van der Waals surface area contributed by atoms with Crippen LogP contribution in [-0.4, -0.2) is 29.1 Å². The second kappa shape index (κ2) is 4.70. The van der Waals surface area contributed by atoms with Gasteiger partial charge in [0.2, 0.25) is 5.91 Å². The Hall–Kier alpha value is -2.01. The van der Waals surface area contributed by atoms with Crippen molar-refractivity contribution in [3.63, 3.8) is 0 Å². The Labute approximate surface area is 104 Å². The molecule has 18 heavy (non-hydrogen) atoms. The lowest BCUT2D eigenvalue weighted by atomic mass is 10.1. The van der Waals surface area contributed by atoms with Gasteiger partial charge in [-0.2, -0.15) is 0 Å². The first-order chi connectivity index (χ1) is 8.83. The van der Waals surface area contributed by atoms with Crippen molar-refractivity contribution >= 4 is 22.8 Å². The third-order valence-corrected chi connectivity index (χ3v) is 3.00. The number of aromatic nitrogens is 2. The van der Waals surface area contributed by atoms with Crippen LogP contribution in [0.15, 0.2) is 30.5 Å². The molecule has 5 heteroatoms. The molecule has 1 N–H and O–H groups in total. The smallest absolute Gasteiger partial charge is 0.231 e. The van der Waals surface area contributed by atoms with Crippen LogP contribution in [0.4, 0.5) is 5.82 Å². The average Bonchev–Trinajstić information content (AvgIpc) is 2.92. The minimum absolute atomic E-state index is 0.0444. The van der Waals surface area contributed by atoms with E-state index in [2.05, 4.69) is 15.3 Å². The normalized spacial score (nSPS) is 19.0. The first-order valence-electron chi connectivity index (χ1n) is 5.93. The molecule has 1 aliphatic heterocycles. The number of carbonyl (C=O) groups is 1. The van der Waals surface area contributed by atoms with Gasteiger partial charge in [-0.15, -0.1) is 0 Å². The molecule has 92 valence electrons. The van der Waals surface area contributed by atoms with E-state index in [1.807, 2.05) is 24.3 Å². The van der Waals surface area contributed by atoms with E-state index in [1.54, 1.807) is 6.20 Å². The number of rotatable bonds is 2. The molecule has 1 aliphatic rings. The molecule has 2 heterocycles. The number of ether oxygens (including phenoxy) is 1. The largest absolute Gasteiger partial charge is 0.381 e. The summed E-state index contributed by atoms with van der Waals surface area (Å²) in [6.07, 6.45) is 2.35. The van der Waals surface area contributed by atoms with Crippen molar-refractivity contribution in [1.82, 2.24) is 9.97 Å². The monoisotopic (exact) mass is 243 g/mol. The van der Waals surface area contributed by atoms with Gasteiger partial charge in [0.1, 0.15) is 0 Å². The van der Waals surface area contributed by atoms with Crippen molar-refractivity contribution in [2.24, 2.45) is 5.92 Å². The first-order valence-corrected chi connectivity index (χ1v) is 5.93. The Morgan fingerprint density at radius 1 is 1.33 bits per heavy atom. The van der Waals surface area contributed by atoms with Crippen LogP contribution in [0, 0.1) is 5.92 Å². The number of carbonyl (C=O) groups excluding carboxylic acids is 1. The molecule has 1 aromatic heterocycles. The van der Waals surface area contributed by atoms with Crippen molar-refractivity contribution in [2.75, 3.05) is 18.5 Å². The highest BCUT2D eigenvalue weighted by atomic mass is 16.5. The SMILES string of the molecule is O=C(Nc1cnc2ccccc2n1)[C@H]1CCOC1. The van der Waals surface area contributed by atoms with Gasteiger partial charge in [-0.1, -0.05) is 12.1 Å². The van der Waals surface area contributed by atoms with E-state index in [1.165, 1.54) is 0 Å². The van der Waals surface area contributed by atoms with Crippen molar-refractivity contribution in [2.45, 2.75) is 6.42 Å². The van der Waals surface area contributed by atoms with E-state index in [0.29, 0.717) is 19.0 Å². The Kier molecular flexibility index (Phi) is 2.90. The zero-order chi connectivity index (χ0) is 12.4. The summed E-state index contributed by atoms with van der Waals surface area (Å²) in [5.74, 6) is 0.376. The lowest BCUT2D eigenvalue weighted by Gasteiger charge is -2.08. The summed E-state index contributed by atoms with van der Waals surface area (Å²) in [4.78, 5) is 20.5. The number of anilines is 1. The molecule has 1 amide bonds. The van der Waals surface area contributed by atoms with Crippen LogP contribution < -0.4 is 5.32 Å². The van der Waals surface area contributed by atoms with Crippen molar-refractivity contribution in [1.29, 1.82) is 0 Å². The van der Waals surface area contributed by atoms with E-state index >= 15 is 0 Å². The molecule has 3 rings (SSSR count). The first kappa shape index (κ1) is 11.1. The van der Waals surface area contributed by atoms with Crippen LogP contribution >= 0.6 is 0 Å². The Balaban J connectivity index is 1.79. The number of fused-ring (bicyclic) bond motifs is 1. The number of amides is 1. The molecule has 0 bridgehead atoms. The maximum atomic E-state index is 11.9. The van der Waals surface area contributed by atoms with Gasteiger partial charge in [-0.25, -0.2) is 4.98 Å². The fraction of sp³-hybridized carbons (Fsp3) is 0.308. The third kappa shape index (κ3) is 2.17. The standard InChI is InChI=1S/C13H13N3O2/c17-13(9-5-6-18-8-9)16-12-7-14-10-3-1-2-4-11(10)15-12/h1-4,7,9H,5-6,8H2,(H,15,16,17)/t9-/m0/s1. The van der Waals surface area contributed by atoms with Crippen LogP contribution in [0.25, 0.3) is 11.0 Å². The van der Waals surface area contributed by atoms with E-state index in [-0.39, 0.29) is 11.8 Å². The molecule has 1 fully saturated rings. The van der Waals surface area contributed by atoms with E-state index < -0.39 is 0 Å². The molecule has 0 spiro atoms. The summed E-state index contributed by atoms with van der Waals surface area (Å²) in [5, 5.41) is 2.78. The maximum Gasteiger partial charge on any atom is 0.231 e. The summed E-state index contributed by atoms with van der Waals surface area (Å²) in [6.45, 7) is 1.15. The number of hydrogen-bond donors (Lipinski definition) is 1. The minimum atomic E-state index is -0.0710. The van der Waals surface area contributed by atoms with Crippen LogP contribution in [0.3, 0.4) is 0 Å². The Bertz CT molecular complexity index is 579. The molecule has 0 aliphatic carbocycles. The molecule has 0 radical (unpaired) electrons. The fourth-order valence-electron chi connectivity index (χ4n) is 1.99. The van der Waals surface area contributed by atoms with Gasteiger partial charge in [0.25, 0.3) is 0 Å².